The van der Waals surface area contributed by atoms with Gasteiger partial charge in [0.2, 0.25) is 11.8 Å². The van der Waals surface area contributed by atoms with Crippen molar-refractivity contribution in [1.82, 2.24) is 10.2 Å². The Bertz CT molecular complexity index is 616. The van der Waals surface area contributed by atoms with E-state index in [-0.39, 0.29) is 24.3 Å². The number of rotatable bonds is 2. The predicted molar refractivity (Wildman–Crippen MR) is 81.4 cm³/mol. The first-order valence-electron chi connectivity index (χ1n) is 7.87. The van der Waals surface area contributed by atoms with Gasteiger partial charge in [-0.2, -0.15) is 0 Å². The minimum atomic E-state index is -2.75. The number of carbonyl (C=O) groups excluding carboxylic acids is 2. The second kappa shape index (κ2) is 6.00. The van der Waals surface area contributed by atoms with Crippen LogP contribution in [0.1, 0.15) is 42.2 Å². The first kappa shape index (κ1) is 16.1. The van der Waals surface area contributed by atoms with Gasteiger partial charge < -0.3 is 4.90 Å². The number of imide groups is 1. The Morgan fingerprint density at radius 1 is 1.13 bits per heavy atom. The van der Waals surface area contributed by atoms with Crippen LogP contribution in [0.2, 0.25) is 0 Å². The third kappa shape index (κ3) is 3.27. The molecular formula is C17H20F2N2O2. The summed E-state index contributed by atoms with van der Waals surface area (Å²) in [6, 6.07) is 6.87. The van der Waals surface area contributed by atoms with Crippen molar-refractivity contribution in [3.8, 4) is 0 Å². The fourth-order valence-corrected chi connectivity index (χ4v) is 3.49. The molecule has 0 bridgehead atoms. The molecule has 2 heterocycles. The van der Waals surface area contributed by atoms with Crippen molar-refractivity contribution in [2.75, 3.05) is 20.1 Å². The van der Waals surface area contributed by atoms with Gasteiger partial charge in [-0.05, 0) is 37.6 Å². The van der Waals surface area contributed by atoms with E-state index in [1.54, 1.807) is 36.2 Å². The summed E-state index contributed by atoms with van der Waals surface area (Å²) in [5.74, 6) is -4.47. The van der Waals surface area contributed by atoms with E-state index in [2.05, 4.69) is 5.32 Å². The molecular weight excluding hydrogens is 302 g/mol. The number of alkyl halides is 2. The van der Waals surface area contributed by atoms with Crippen LogP contribution in [-0.2, 0) is 9.59 Å². The lowest BCUT2D eigenvalue weighted by atomic mass is 9.84. The highest BCUT2D eigenvalue weighted by Crippen LogP contribution is 2.40. The highest BCUT2D eigenvalue weighted by molar-refractivity contribution is 6.00. The van der Waals surface area contributed by atoms with Gasteiger partial charge in [0.05, 0.1) is 18.4 Å². The fourth-order valence-electron chi connectivity index (χ4n) is 3.49. The Morgan fingerprint density at radius 2 is 1.78 bits per heavy atom. The number of nitrogens with zero attached hydrogens (tertiary/aromatic N) is 1. The van der Waals surface area contributed by atoms with Crippen molar-refractivity contribution in [1.29, 1.82) is 0 Å². The van der Waals surface area contributed by atoms with Gasteiger partial charge in [-0.3, -0.25) is 14.9 Å². The van der Waals surface area contributed by atoms with Crippen LogP contribution in [0.3, 0.4) is 0 Å². The third-order valence-corrected chi connectivity index (χ3v) is 4.77. The topological polar surface area (TPSA) is 49.4 Å². The van der Waals surface area contributed by atoms with E-state index in [0.29, 0.717) is 31.4 Å². The summed E-state index contributed by atoms with van der Waals surface area (Å²) in [7, 11) is 1.70. The molecule has 2 fully saturated rings. The molecule has 0 aromatic heterocycles. The highest BCUT2D eigenvalue weighted by Gasteiger charge is 2.44. The molecule has 2 atom stereocenters. The summed E-state index contributed by atoms with van der Waals surface area (Å²) in [5.41, 5.74) is 1.38. The lowest BCUT2D eigenvalue weighted by Crippen LogP contribution is -2.45. The van der Waals surface area contributed by atoms with Crippen LogP contribution in [0.5, 0.6) is 0 Å². The first-order valence-corrected chi connectivity index (χ1v) is 7.87. The molecule has 2 unspecified atom stereocenters. The van der Waals surface area contributed by atoms with E-state index in [9.17, 15) is 18.4 Å². The number of hydrogen-bond acceptors (Lipinski definition) is 3. The zero-order chi connectivity index (χ0) is 16.6. The molecule has 3 rings (SSSR count). The molecule has 124 valence electrons. The maximum atomic E-state index is 14.2. The predicted octanol–water partition coefficient (Wildman–Crippen LogP) is 2.26. The summed E-state index contributed by atoms with van der Waals surface area (Å²) in [5, 5.41) is 2.32. The van der Waals surface area contributed by atoms with E-state index in [1.807, 2.05) is 0 Å². The number of nitrogens with one attached hydrogen (secondary N) is 1. The average molecular weight is 322 g/mol. The first-order chi connectivity index (χ1) is 10.9. The normalized spacial score (nSPS) is 28.5. The van der Waals surface area contributed by atoms with Crippen molar-refractivity contribution in [3.05, 3.63) is 35.4 Å². The van der Waals surface area contributed by atoms with Gasteiger partial charge in [-0.25, -0.2) is 8.78 Å². The largest absolute Gasteiger partial charge is 0.301 e. The molecule has 23 heavy (non-hydrogen) atoms. The standard InChI is InChI=1S/C17H20F2N2O2/c1-21-9-8-14(17(18,19)10-21)12-4-2-11(3-5-12)13-6-7-15(22)20-16(13)23/h2-5,13-14H,6-10H2,1H3,(H,20,22,23). The minimum absolute atomic E-state index is 0.230. The van der Waals surface area contributed by atoms with Crippen LogP contribution in [0.15, 0.2) is 24.3 Å². The van der Waals surface area contributed by atoms with Gasteiger partial charge in [0, 0.05) is 6.42 Å². The van der Waals surface area contributed by atoms with E-state index in [0.717, 1.165) is 5.56 Å². The van der Waals surface area contributed by atoms with Crippen LogP contribution in [0.4, 0.5) is 8.78 Å². The lowest BCUT2D eigenvalue weighted by molar-refractivity contribution is -0.134. The Morgan fingerprint density at radius 3 is 2.39 bits per heavy atom. The van der Waals surface area contributed by atoms with Crippen LogP contribution in [0.25, 0.3) is 0 Å². The van der Waals surface area contributed by atoms with Crippen molar-refractivity contribution >= 4 is 11.8 Å². The van der Waals surface area contributed by atoms with Crippen LogP contribution in [-0.4, -0.2) is 42.8 Å². The second-order valence-electron chi connectivity index (χ2n) is 6.51. The van der Waals surface area contributed by atoms with Crippen LogP contribution in [0, 0.1) is 0 Å². The average Bonchev–Trinajstić information content (AvgIpc) is 2.47. The summed E-state index contributed by atoms with van der Waals surface area (Å²) >= 11 is 0. The molecule has 0 aliphatic carbocycles. The fraction of sp³-hybridized carbons (Fsp3) is 0.529. The highest BCUT2D eigenvalue weighted by atomic mass is 19.3. The third-order valence-electron chi connectivity index (χ3n) is 4.77. The monoisotopic (exact) mass is 322 g/mol. The summed E-state index contributed by atoms with van der Waals surface area (Å²) in [6.07, 6.45) is 1.20. The minimum Gasteiger partial charge on any atom is -0.301 e. The molecule has 2 saturated heterocycles. The zero-order valence-electron chi connectivity index (χ0n) is 13.0. The van der Waals surface area contributed by atoms with Gasteiger partial charge in [0.25, 0.3) is 5.92 Å². The summed E-state index contributed by atoms with van der Waals surface area (Å²) in [4.78, 5) is 24.7. The van der Waals surface area contributed by atoms with Gasteiger partial charge in [-0.1, -0.05) is 24.3 Å². The number of halogens is 2. The molecule has 0 saturated carbocycles. The number of carbonyl (C=O) groups is 2. The van der Waals surface area contributed by atoms with Gasteiger partial charge in [0.1, 0.15) is 0 Å². The van der Waals surface area contributed by atoms with Crippen LogP contribution >= 0.6 is 0 Å². The molecule has 1 aromatic rings. The molecule has 4 nitrogen and oxygen atoms in total. The van der Waals surface area contributed by atoms with Gasteiger partial charge in [0.15, 0.2) is 0 Å². The number of hydrogen-bond donors (Lipinski definition) is 1. The summed E-state index contributed by atoms with van der Waals surface area (Å²) < 4.78 is 28.4. The lowest BCUT2D eigenvalue weighted by Gasteiger charge is -2.36. The maximum Gasteiger partial charge on any atom is 0.267 e. The molecule has 0 radical (unpaired) electrons. The smallest absolute Gasteiger partial charge is 0.267 e. The number of amides is 2. The molecule has 2 aliphatic heterocycles. The molecule has 0 spiro atoms. The Kier molecular flexibility index (Phi) is 4.19. The van der Waals surface area contributed by atoms with Gasteiger partial charge in [-0.15, -0.1) is 0 Å². The zero-order valence-corrected chi connectivity index (χ0v) is 13.0. The molecule has 1 N–H and O–H groups in total. The van der Waals surface area contributed by atoms with Crippen molar-refractivity contribution in [2.24, 2.45) is 0 Å². The van der Waals surface area contributed by atoms with Crippen molar-refractivity contribution in [3.63, 3.8) is 0 Å². The van der Waals surface area contributed by atoms with Crippen LogP contribution < -0.4 is 5.32 Å². The number of piperidine rings is 2. The quantitative estimate of drug-likeness (QED) is 0.850. The number of benzene rings is 1. The Labute approximate surface area is 133 Å². The SMILES string of the molecule is CN1CCC(c2ccc(C3CCC(=O)NC3=O)cc2)C(F)(F)C1. The molecule has 2 amide bonds. The Hall–Kier alpha value is -1.82. The van der Waals surface area contributed by atoms with E-state index < -0.39 is 11.8 Å². The van der Waals surface area contributed by atoms with Gasteiger partial charge >= 0.3 is 0 Å². The van der Waals surface area contributed by atoms with Crippen molar-refractivity contribution < 1.29 is 18.4 Å². The molecule has 2 aliphatic rings. The summed E-state index contributed by atoms with van der Waals surface area (Å²) in [6.45, 7) is 0.418. The molecule has 1 aromatic carbocycles. The van der Waals surface area contributed by atoms with E-state index in [1.165, 1.54) is 0 Å². The maximum absolute atomic E-state index is 14.2. The molecule has 6 heteroatoms. The Balaban J connectivity index is 1.77. The van der Waals surface area contributed by atoms with E-state index in [4.69, 9.17) is 0 Å². The van der Waals surface area contributed by atoms with E-state index >= 15 is 0 Å². The number of likely N-dealkylation sites (tertiary alicyclic amines) is 1. The van der Waals surface area contributed by atoms with Crippen molar-refractivity contribution in [2.45, 2.75) is 37.0 Å². The second-order valence-corrected chi connectivity index (χ2v) is 6.51.